The van der Waals surface area contributed by atoms with E-state index in [2.05, 4.69) is 33.0 Å². The maximum absolute atomic E-state index is 3.98. The molecular weight excluding hydrogens is 206 g/mol. The van der Waals surface area contributed by atoms with Crippen LogP contribution in [0.3, 0.4) is 0 Å². The molecule has 1 heteroatoms. The highest BCUT2D eigenvalue weighted by Crippen LogP contribution is 2.36. The van der Waals surface area contributed by atoms with Crippen LogP contribution in [0.2, 0.25) is 0 Å². The molecule has 1 aliphatic carbocycles. The van der Waals surface area contributed by atoms with Crippen LogP contribution in [0.5, 0.6) is 0 Å². The second kappa shape index (κ2) is 7.41. The Balaban J connectivity index is 2.46. The van der Waals surface area contributed by atoms with E-state index in [9.17, 15) is 0 Å². The Labute approximate surface area is 109 Å². The third-order valence-electron chi connectivity index (χ3n) is 4.49. The summed E-state index contributed by atoms with van der Waals surface area (Å²) in [6, 6.07) is 1.52. The molecule has 0 amide bonds. The highest BCUT2D eigenvalue weighted by Gasteiger charge is 2.32. The van der Waals surface area contributed by atoms with Gasteiger partial charge in [0.15, 0.2) is 0 Å². The van der Waals surface area contributed by atoms with Gasteiger partial charge in [0.2, 0.25) is 0 Å². The molecule has 1 aliphatic rings. The lowest BCUT2D eigenvalue weighted by Gasteiger charge is -2.41. The Morgan fingerprint density at radius 1 is 1.12 bits per heavy atom. The molecule has 0 saturated heterocycles. The van der Waals surface area contributed by atoms with Crippen molar-refractivity contribution in [3.05, 3.63) is 0 Å². The Kier molecular flexibility index (Phi) is 6.54. The first-order valence-electron chi connectivity index (χ1n) is 7.86. The number of unbranched alkanes of at least 4 members (excludes halogenated alkanes) is 1. The minimum Gasteiger partial charge on any atom is -0.311 e. The molecule has 1 N–H and O–H groups in total. The fourth-order valence-corrected chi connectivity index (χ4v) is 3.20. The van der Waals surface area contributed by atoms with E-state index < -0.39 is 0 Å². The van der Waals surface area contributed by atoms with Gasteiger partial charge in [0.05, 0.1) is 0 Å². The maximum Gasteiger partial charge on any atom is 0.0121 e. The lowest BCUT2D eigenvalue weighted by atomic mass is 9.73. The standard InChI is InChI=1S/C16H33N/c1-5-7-11-14(10-6-2)17-15-12-8-9-13-16(15,3)4/h14-15,17H,5-13H2,1-4H3. The van der Waals surface area contributed by atoms with Crippen LogP contribution in [0.15, 0.2) is 0 Å². The van der Waals surface area contributed by atoms with Crippen molar-refractivity contribution in [2.24, 2.45) is 5.41 Å². The number of nitrogens with one attached hydrogen (secondary N) is 1. The summed E-state index contributed by atoms with van der Waals surface area (Å²) in [6.45, 7) is 9.51. The largest absolute Gasteiger partial charge is 0.311 e. The minimum absolute atomic E-state index is 0.510. The van der Waals surface area contributed by atoms with Crippen LogP contribution in [0.25, 0.3) is 0 Å². The molecule has 1 rings (SSSR count). The molecule has 0 radical (unpaired) electrons. The molecule has 1 fully saturated rings. The van der Waals surface area contributed by atoms with Crippen molar-refractivity contribution in [3.8, 4) is 0 Å². The van der Waals surface area contributed by atoms with E-state index in [1.165, 1.54) is 57.8 Å². The lowest BCUT2D eigenvalue weighted by molar-refractivity contribution is 0.150. The monoisotopic (exact) mass is 239 g/mol. The van der Waals surface area contributed by atoms with Crippen molar-refractivity contribution in [1.82, 2.24) is 5.32 Å². The zero-order chi connectivity index (χ0) is 12.7. The summed E-state index contributed by atoms with van der Waals surface area (Å²) in [4.78, 5) is 0. The van der Waals surface area contributed by atoms with Crippen LogP contribution in [0, 0.1) is 5.41 Å². The molecule has 2 unspecified atom stereocenters. The van der Waals surface area contributed by atoms with Crippen molar-refractivity contribution in [2.45, 2.75) is 97.6 Å². The van der Waals surface area contributed by atoms with E-state index in [-0.39, 0.29) is 0 Å². The van der Waals surface area contributed by atoms with Crippen molar-refractivity contribution < 1.29 is 0 Å². The van der Waals surface area contributed by atoms with Gasteiger partial charge in [0.25, 0.3) is 0 Å². The second-order valence-electron chi connectivity index (χ2n) is 6.58. The highest BCUT2D eigenvalue weighted by molar-refractivity contribution is 4.89. The molecule has 0 bridgehead atoms. The predicted octanol–water partition coefficient (Wildman–Crippen LogP) is 4.90. The van der Waals surface area contributed by atoms with Crippen LogP contribution in [0.4, 0.5) is 0 Å². The molecule has 2 atom stereocenters. The van der Waals surface area contributed by atoms with E-state index in [0.717, 1.165) is 12.1 Å². The van der Waals surface area contributed by atoms with Crippen LogP contribution in [0.1, 0.15) is 85.5 Å². The number of hydrogen-bond donors (Lipinski definition) is 1. The Morgan fingerprint density at radius 2 is 1.88 bits per heavy atom. The summed E-state index contributed by atoms with van der Waals surface area (Å²) >= 11 is 0. The van der Waals surface area contributed by atoms with Crippen molar-refractivity contribution in [2.75, 3.05) is 0 Å². The van der Waals surface area contributed by atoms with Gasteiger partial charge >= 0.3 is 0 Å². The SMILES string of the molecule is CCCCC(CCC)NC1CCCCC1(C)C. The number of rotatable bonds is 7. The van der Waals surface area contributed by atoms with E-state index in [4.69, 9.17) is 0 Å². The fourth-order valence-electron chi connectivity index (χ4n) is 3.20. The first-order valence-corrected chi connectivity index (χ1v) is 7.86. The summed E-state index contributed by atoms with van der Waals surface area (Å²) in [5, 5.41) is 3.98. The predicted molar refractivity (Wildman–Crippen MR) is 77.4 cm³/mol. The zero-order valence-electron chi connectivity index (χ0n) is 12.5. The molecule has 1 nitrogen and oxygen atoms in total. The molecule has 0 spiro atoms. The van der Waals surface area contributed by atoms with Crippen molar-refractivity contribution in [1.29, 1.82) is 0 Å². The molecule has 0 heterocycles. The van der Waals surface area contributed by atoms with Gasteiger partial charge in [-0.1, -0.05) is 59.8 Å². The van der Waals surface area contributed by atoms with Crippen molar-refractivity contribution >= 4 is 0 Å². The Hall–Kier alpha value is -0.0400. The van der Waals surface area contributed by atoms with Crippen LogP contribution in [-0.4, -0.2) is 12.1 Å². The van der Waals surface area contributed by atoms with E-state index in [0.29, 0.717) is 5.41 Å². The van der Waals surface area contributed by atoms with E-state index in [1.54, 1.807) is 0 Å². The number of hydrogen-bond acceptors (Lipinski definition) is 1. The average molecular weight is 239 g/mol. The summed E-state index contributed by atoms with van der Waals surface area (Å²) in [5.41, 5.74) is 0.510. The molecule has 0 aromatic rings. The molecule has 1 saturated carbocycles. The third kappa shape index (κ3) is 4.99. The van der Waals surface area contributed by atoms with Gasteiger partial charge in [-0.25, -0.2) is 0 Å². The van der Waals surface area contributed by atoms with Crippen LogP contribution in [-0.2, 0) is 0 Å². The molecule has 0 aromatic heterocycles. The molecular formula is C16H33N. The van der Waals surface area contributed by atoms with Gasteiger partial charge < -0.3 is 5.32 Å². The Bertz CT molecular complexity index is 198. The van der Waals surface area contributed by atoms with Crippen molar-refractivity contribution in [3.63, 3.8) is 0 Å². The van der Waals surface area contributed by atoms with Crippen LogP contribution >= 0.6 is 0 Å². The Morgan fingerprint density at radius 3 is 2.47 bits per heavy atom. The first kappa shape index (κ1) is 15.0. The van der Waals surface area contributed by atoms with Gasteiger partial charge in [-0.3, -0.25) is 0 Å². The second-order valence-corrected chi connectivity index (χ2v) is 6.58. The van der Waals surface area contributed by atoms with Gasteiger partial charge in [0.1, 0.15) is 0 Å². The minimum atomic E-state index is 0.510. The fraction of sp³-hybridized carbons (Fsp3) is 1.00. The molecule has 102 valence electrons. The first-order chi connectivity index (χ1) is 8.10. The maximum atomic E-state index is 3.98. The lowest BCUT2D eigenvalue weighted by Crippen LogP contribution is -2.48. The summed E-state index contributed by atoms with van der Waals surface area (Å²) < 4.78 is 0. The normalized spacial score (nSPS) is 25.8. The third-order valence-corrected chi connectivity index (χ3v) is 4.49. The zero-order valence-corrected chi connectivity index (χ0v) is 12.5. The molecule has 17 heavy (non-hydrogen) atoms. The average Bonchev–Trinajstić information content (AvgIpc) is 2.28. The summed E-state index contributed by atoms with van der Waals surface area (Å²) in [6.07, 6.45) is 12.4. The molecule has 0 aromatic carbocycles. The highest BCUT2D eigenvalue weighted by atomic mass is 15.0. The van der Waals surface area contributed by atoms with Gasteiger partial charge in [0, 0.05) is 12.1 Å². The molecule has 0 aliphatic heterocycles. The smallest absolute Gasteiger partial charge is 0.0121 e. The van der Waals surface area contributed by atoms with E-state index in [1.807, 2.05) is 0 Å². The topological polar surface area (TPSA) is 12.0 Å². The van der Waals surface area contributed by atoms with E-state index >= 15 is 0 Å². The quantitative estimate of drug-likeness (QED) is 0.666. The summed E-state index contributed by atoms with van der Waals surface area (Å²) in [7, 11) is 0. The van der Waals surface area contributed by atoms with Crippen LogP contribution < -0.4 is 5.32 Å². The summed E-state index contributed by atoms with van der Waals surface area (Å²) in [5.74, 6) is 0. The van der Waals surface area contributed by atoms with Gasteiger partial charge in [-0.2, -0.15) is 0 Å². The van der Waals surface area contributed by atoms with Gasteiger partial charge in [-0.15, -0.1) is 0 Å². The van der Waals surface area contributed by atoms with Gasteiger partial charge in [-0.05, 0) is 31.1 Å².